The van der Waals surface area contributed by atoms with Crippen LogP contribution in [0.4, 0.5) is 11.5 Å². The van der Waals surface area contributed by atoms with Crippen LogP contribution in [0.3, 0.4) is 0 Å². The number of nitrogens with zero attached hydrogens (tertiary/aromatic N) is 2. The summed E-state index contributed by atoms with van der Waals surface area (Å²) in [5, 5.41) is 12.4. The van der Waals surface area contributed by atoms with E-state index < -0.39 is 5.97 Å². The van der Waals surface area contributed by atoms with E-state index in [4.69, 9.17) is 16.6 Å². The molecule has 15 heavy (non-hydrogen) atoms. The van der Waals surface area contributed by atoms with Gasteiger partial charge in [0.1, 0.15) is 5.82 Å². The molecule has 0 spiro atoms. The molecule has 0 unspecified atom stereocenters. The molecule has 0 saturated carbocycles. The molecule has 0 radical (unpaired) electrons. The van der Waals surface area contributed by atoms with Gasteiger partial charge in [0.05, 0.1) is 11.9 Å². The van der Waals surface area contributed by atoms with Crippen molar-refractivity contribution in [2.24, 2.45) is 0 Å². The molecule has 0 aliphatic carbocycles. The molecule has 0 amide bonds. The maximum atomic E-state index is 10.2. The number of hydrogen-bond acceptors (Lipinski definition) is 4. The van der Waals surface area contributed by atoms with Crippen LogP contribution in [-0.2, 0) is 11.3 Å². The highest BCUT2D eigenvalue weighted by atomic mass is 16.4. The first kappa shape index (κ1) is 11.4. The zero-order valence-electron chi connectivity index (χ0n) is 8.52. The number of anilines is 2. The van der Waals surface area contributed by atoms with Gasteiger partial charge < -0.3 is 16.6 Å². The van der Waals surface area contributed by atoms with E-state index in [1.54, 1.807) is 4.68 Å². The van der Waals surface area contributed by atoms with E-state index in [1.807, 2.05) is 0 Å². The number of carbonyl (C=O) groups is 1. The van der Waals surface area contributed by atoms with E-state index in [0.29, 0.717) is 24.5 Å². The van der Waals surface area contributed by atoms with Gasteiger partial charge in [0, 0.05) is 13.0 Å². The molecule has 0 aromatic carbocycles. The number of nitrogens with two attached hydrogens (primary N) is 2. The lowest BCUT2D eigenvalue weighted by atomic mass is 10.2. The van der Waals surface area contributed by atoms with Gasteiger partial charge in [0.2, 0.25) is 0 Å². The summed E-state index contributed by atoms with van der Waals surface area (Å²) in [7, 11) is 0. The highest BCUT2D eigenvalue weighted by molar-refractivity contribution is 5.66. The number of aryl methyl sites for hydroxylation is 1. The number of aliphatic carboxylic acids is 1. The Morgan fingerprint density at radius 3 is 2.67 bits per heavy atom. The zero-order valence-corrected chi connectivity index (χ0v) is 8.52. The Hall–Kier alpha value is -1.72. The third kappa shape index (κ3) is 3.49. The van der Waals surface area contributed by atoms with Crippen LogP contribution in [0.5, 0.6) is 0 Å². The van der Waals surface area contributed by atoms with E-state index in [1.165, 1.54) is 6.20 Å². The van der Waals surface area contributed by atoms with Gasteiger partial charge in [-0.3, -0.25) is 4.79 Å². The average Bonchev–Trinajstić information content (AvgIpc) is 2.48. The summed E-state index contributed by atoms with van der Waals surface area (Å²) in [5.74, 6) is -0.272. The summed E-state index contributed by atoms with van der Waals surface area (Å²) in [6.45, 7) is 0.683. The lowest BCUT2D eigenvalue weighted by Crippen LogP contribution is -2.05. The number of carboxylic acid groups (broad SMARTS) is 1. The highest BCUT2D eigenvalue weighted by Gasteiger charge is 2.03. The minimum Gasteiger partial charge on any atom is -0.481 e. The van der Waals surface area contributed by atoms with Gasteiger partial charge in [-0.2, -0.15) is 5.10 Å². The molecular weight excluding hydrogens is 196 g/mol. The summed E-state index contributed by atoms with van der Waals surface area (Å²) in [6, 6.07) is 0. The van der Waals surface area contributed by atoms with E-state index in [-0.39, 0.29) is 6.42 Å². The summed E-state index contributed by atoms with van der Waals surface area (Å²) < 4.78 is 1.64. The number of aromatic nitrogens is 2. The zero-order chi connectivity index (χ0) is 11.3. The van der Waals surface area contributed by atoms with Crippen molar-refractivity contribution in [2.75, 3.05) is 11.5 Å². The summed E-state index contributed by atoms with van der Waals surface area (Å²) >= 11 is 0. The fourth-order valence-corrected chi connectivity index (χ4v) is 1.30. The summed E-state index contributed by atoms with van der Waals surface area (Å²) in [5.41, 5.74) is 11.7. The predicted molar refractivity (Wildman–Crippen MR) is 57.2 cm³/mol. The Kier molecular flexibility index (Phi) is 3.96. The second-order valence-electron chi connectivity index (χ2n) is 3.41. The number of nitrogen functional groups attached to an aromatic ring is 2. The second kappa shape index (κ2) is 5.23. The van der Waals surface area contributed by atoms with Crippen LogP contribution in [0.25, 0.3) is 0 Å². The second-order valence-corrected chi connectivity index (χ2v) is 3.41. The molecule has 0 saturated heterocycles. The van der Waals surface area contributed by atoms with Crippen molar-refractivity contribution in [1.29, 1.82) is 0 Å². The lowest BCUT2D eigenvalue weighted by molar-refractivity contribution is -0.137. The van der Waals surface area contributed by atoms with Crippen LogP contribution in [0.1, 0.15) is 25.7 Å². The largest absolute Gasteiger partial charge is 0.481 e. The van der Waals surface area contributed by atoms with Gasteiger partial charge in [-0.05, 0) is 12.8 Å². The highest BCUT2D eigenvalue weighted by Crippen LogP contribution is 2.13. The maximum Gasteiger partial charge on any atom is 0.303 e. The monoisotopic (exact) mass is 212 g/mol. The lowest BCUT2D eigenvalue weighted by Gasteiger charge is -2.03. The molecule has 84 valence electrons. The van der Waals surface area contributed by atoms with Crippen molar-refractivity contribution in [3.8, 4) is 0 Å². The fourth-order valence-electron chi connectivity index (χ4n) is 1.30. The van der Waals surface area contributed by atoms with Crippen molar-refractivity contribution in [1.82, 2.24) is 9.78 Å². The minimum absolute atomic E-state index is 0.219. The van der Waals surface area contributed by atoms with Crippen molar-refractivity contribution < 1.29 is 9.90 Å². The fraction of sp³-hybridized carbons (Fsp3) is 0.556. The number of hydrogen-bond donors (Lipinski definition) is 3. The van der Waals surface area contributed by atoms with Crippen LogP contribution in [0.2, 0.25) is 0 Å². The summed E-state index contributed by atoms with van der Waals surface area (Å²) in [4.78, 5) is 10.2. The molecule has 1 rings (SSSR count). The first-order valence-electron chi connectivity index (χ1n) is 4.90. The Morgan fingerprint density at radius 1 is 1.40 bits per heavy atom. The molecule has 1 heterocycles. The smallest absolute Gasteiger partial charge is 0.303 e. The third-order valence-corrected chi connectivity index (χ3v) is 2.17. The Morgan fingerprint density at radius 2 is 2.13 bits per heavy atom. The number of rotatable bonds is 6. The molecule has 0 aliphatic rings. The van der Waals surface area contributed by atoms with Gasteiger partial charge in [-0.25, -0.2) is 4.68 Å². The topological polar surface area (TPSA) is 107 Å². The van der Waals surface area contributed by atoms with E-state index in [2.05, 4.69) is 5.10 Å². The molecule has 6 nitrogen and oxygen atoms in total. The van der Waals surface area contributed by atoms with Crippen LogP contribution in [0.15, 0.2) is 6.20 Å². The van der Waals surface area contributed by atoms with Crippen molar-refractivity contribution >= 4 is 17.5 Å². The van der Waals surface area contributed by atoms with Gasteiger partial charge >= 0.3 is 5.97 Å². The van der Waals surface area contributed by atoms with Crippen LogP contribution in [-0.4, -0.2) is 20.9 Å². The van der Waals surface area contributed by atoms with Crippen LogP contribution >= 0.6 is 0 Å². The van der Waals surface area contributed by atoms with Gasteiger partial charge in [0.15, 0.2) is 0 Å². The van der Waals surface area contributed by atoms with E-state index >= 15 is 0 Å². The molecule has 1 aromatic heterocycles. The first-order valence-corrected chi connectivity index (χ1v) is 4.90. The molecule has 1 aromatic rings. The van der Waals surface area contributed by atoms with Crippen molar-refractivity contribution in [3.05, 3.63) is 6.20 Å². The molecule has 0 aliphatic heterocycles. The Balaban J connectivity index is 2.20. The predicted octanol–water partition coefficient (Wildman–Crippen LogP) is 0.692. The van der Waals surface area contributed by atoms with E-state index in [0.717, 1.165) is 12.8 Å². The molecule has 0 bridgehead atoms. The molecule has 5 N–H and O–H groups in total. The van der Waals surface area contributed by atoms with E-state index in [9.17, 15) is 4.79 Å². The Labute approximate surface area is 87.9 Å². The van der Waals surface area contributed by atoms with Gasteiger partial charge in [-0.1, -0.05) is 6.42 Å². The molecule has 0 atom stereocenters. The van der Waals surface area contributed by atoms with Crippen molar-refractivity contribution in [3.63, 3.8) is 0 Å². The quantitative estimate of drug-likeness (QED) is 0.601. The van der Waals surface area contributed by atoms with Gasteiger partial charge in [0.25, 0.3) is 0 Å². The SMILES string of the molecule is Nc1cnn(CCCCCC(=O)O)c1N. The molecule has 0 fully saturated rings. The van der Waals surface area contributed by atoms with Gasteiger partial charge in [-0.15, -0.1) is 0 Å². The number of carboxylic acids is 1. The standard InChI is InChI=1S/C9H16N4O2/c10-7-6-12-13(9(7)11)5-3-1-2-4-8(14)15/h6H,1-5,10-11H2,(H,14,15). The molecular formula is C9H16N4O2. The van der Waals surface area contributed by atoms with Crippen molar-refractivity contribution in [2.45, 2.75) is 32.2 Å². The number of unbranched alkanes of at least 4 members (excludes halogenated alkanes) is 2. The summed E-state index contributed by atoms with van der Waals surface area (Å²) in [6.07, 6.45) is 4.14. The third-order valence-electron chi connectivity index (χ3n) is 2.17. The van der Waals surface area contributed by atoms with Crippen LogP contribution in [0, 0.1) is 0 Å². The Bertz CT molecular complexity index is 335. The minimum atomic E-state index is -0.752. The molecule has 6 heteroatoms. The average molecular weight is 212 g/mol. The normalized spacial score (nSPS) is 10.4. The van der Waals surface area contributed by atoms with Crippen LogP contribution < -0.4 is 11.5 Å². The maximum absolute atomic E-state index is 10.2. The first-order chi connectivity index (χ1) is 7.11.